The van der Waals surface area contributed by atoms with E-state index in [1.165, 1.54) is 4.90 Å². The van der Waals surface area contributed by atoms with Crippen molar-refractivity contribution in [1.29, 1.82) is 0 Å². The Kier molecular flexibility index (Phi) is 1.67. The molecule has 0 aromatic heterocycles. The van der Waals surface area contributed by atoms with Crippen molar-refractivity contribution in [2.75, 3.05) is 13.1 Å². The van der Waals surface area contributed by atoms with Crippen molar-refractivity contribution in [3.8, 4) is 0 Å². The number of carbonyl (C=O) groups is 2. The van der Waals surface area contributed by atoms with Gasteiger partial charge in [0.1, 0.15) is 0 Å². The van der Waals surface area contributed by atoms with E-state index in [9.17, 15) is 9.59 Å². The molecule has 3 rings (SSSR count). The Labute approximate surface area is 86.9 Å². The topological polar surface area (TPSA) is 59.3 Å². The first-order valence-corrected chi connectivity index (χ1v) is 4.96. The lowest BCUT2D eigenvalue weighted by Gasteiger charge is -2.11. The predicted molar refractivity (Wildman–Crippen MR) is 53.6 cm³/mol. The highest BCUT2D eigenvalue weighted by atomic mass is 16.2. The summed E-state index contributed by atoms with van der Waals surface area (Å²) in [6.07, 6.45) is 0. The minimum absolute atomic E-state index is 0.163. The second kappa shape index (κ2) is 2.90. The van der Waals surface area contributed by atoms with Gasteiger partial charge in [-0.15, -0.1) is 0 Å². The number of amides is 2. The summed E-state index contributed by atoms with van der Waals surface area (Å²) in [6, 6.07) is 7.27. The molecule has 15 heavy (non-hydrogen) atoms. The second-order valence-corrected chi connectivity index (χ2v) is 3.87. The molecule has 0 bridgehead atoms. The highest BCUT2D eigenvalue weighted by Gasteiger charge is 2.38. The Morgan fingerprint density at radius 1 is 1.20 bits per heavy atom. The first-order valence-electron chi connectivity index (χ1n) is 4.96. The number of carbonyl (C=O) groups excluding carboxylic acids is 2. The maximum atomic E-state index is 11.8. The quantitative estimate of drug-likeness (QED) is 0.552. The summed E-state index contributed by atoms with van der Waals surface area (Å²) in [4.78, 5) is 25.0. The Bertz CT molecular complexity index is 417. The number of fused-ring (bicyclic) bond motifs is 1. The minimum atomic E-state index is -0.163. The Balaban J connectivity index is 1.96. The van der Waals surface area contributed by atoms with Crippen molar-refractivity contribution >= 4 is 11.8 Å². The summed E-state index contributed by atoms with van der Waals surface area (Å²) in [7, 11) is 0. The zero-order valence-corrected chi connectivity index (χ0v) is 8.06. The highest BCUT2D eigenvalue weighted by Crippen LogP contribution is 2.23. The monoisotopic (exact) mass is 202 g/mol. The minimum Gasteiger partial charge on any atom is -0.309 e. The van der Waals surface area contributed by atoms with Crippen LogP contribution in [0.3, 0.4) is 0 Å². The molecule has 2 heterocycles. The SMILES string of the molecule is O=C1c2ccccc2C(=O)N1CC1CN1. The standard InChI is InChI=1S/C11H10N2O2/c14-10-8-3-1-2-4-9(8)11(15)13(10)6-7-5-12-7/h1-4,7,12H,5-6H2. The van der Waals surface area contributed by atoms with Crippen LogP contribution >= 0.6 is 0 Å². The maximum absolute atomic E-state index is 11.8. The number of imide groups is 1. The summed E-state index contributed by atoms with van der Waals surface area (Å²) in [5, 5.41) is 3.08. The van der Waals surface area contributed by atoms with E-state index in [2.05, 4.69) is 5.32 Å². The summed E-state index contributed by atoms with van der Waals surface area (Å²) in [5.74, 6) is -0.325. The first-order chi connectivity index (χ1) is 7.27. The number of nitrogens with zero attached hydrogens (tertiary/aromatic N) is 1. The summed E-state index contributed by atoms with van der Waals surface area (Å²) in [5.41, 5.74) is 1.06. The van der Waals surface area contributed by atoms with E-state index in [1.54, 1.807) is 24.3 Å². The van der Waals surface area contributed by atoms with Crippen LogP contribution in [0.4, 0.5) is 0 Å². The van der Waals surface area contributed by atoms with Crippen LogP contribution in [0.25, 0.3) is 0 Å². The van der Waals surface area contributed by atoms with Crippen LogP contribution in [-0.4, -0.2) is 35.8 Å². The van der Waals surface area contributed by atoms with Gasteiger partial charge in [-0.25, -0.2) is 0 Å². The highest BCUT2D eigenvalue weighted by molar-refractivity contribution is 6.21. The molecule has 76 valence electrons. The fraction of sp³-hybridized carbons (Fsp3) is 0.273. The van der Waals surface area contributed by atoms with E-state index in [1.807, 2.05) is 0 Å². The number of hydrogen-bond acceptors (Lipinski definition) is 3. The van der Waals surface area contributed by atoms with Crippen LogP contribution in [0.5, 0.6) is 0 Å². The molecular weight excluding hydrogens is 192 g/mol. The van der Waals surface area contributed by atoms with Crippen LogP contribution in [0.2, 0.25) is 0 Å². The van der Waals surface area contributed by atoms with Crippen molar-refractivity contribution in [2.24, 2.45) is 0 Å². The molecule has 1 N–H and O–H groups in total. The van der Waals surface area contributed by atoms with Gasteiger partial charge in [-0.05, 0) is 12.1 Å². The van der Waals surface area contributed by atoms with Crippen molar-refractivity contribution < 1.29 is 9.59 Å². The van der Waals surface area contributed by atoms with Crippen molar-refractivity contribution in [3.05, 3.63) is 35.4 Å². The van der Waals surface area contributed by atoms with Crippen LogP contribution in [0.1, 0.15) is 20.7 Å². The van der Waals surface area contributed by atoms with Gasteiger partial charge < -0.3 is 5.32 Å². The molecule has 0 aliphatic carbocycles. The molecule has 4 heteroatoms. The number of benzene rings is 1. The number of hydrogen-bond donors (Lipinski definition) is 1. The lowest BCUT2D eigenvalue weighted by atomic mass is 10.1. The Hall–Kier alpha value is -1.68. The van der Waals surface area contributed by atoms with E-state index < -0.39 is 0 Å². The van der Waals surface area contributed by atoms with Gasteiger partial charge in [0, 0.05) is 19.1 Å². The third kappa shape index (κ3) is 1.26. The van der Waals surface area contributed by atoms with E-state index in [0.29, 0.717) is 23.7 Å². The molecule has 1 aromatic rings. The second-order valence-electron chi connectivity index (χ2n) is 3.87. The lowest BCUT2D eigenvalue weighted by molar-refractivity contribution is 0.0655. The fourth-order valence-electron chi connectivity index (χ4n) is 1.84. The molecule has 2 amide bonds. The molecule has 1 aromatic carbocycles. The zero-order valence-electron chi connectivity index (χ0n) is 8.06. The van der Waals surface area contributed by atoms with Crippen molar-refractivity contribution in [1.82, 2.24) is 10.2 Å². The molecule has 2 aliphatic heterocycles. The summed E-state index contributed by atoms with van der Waals surface area (Å²) >= 11 is 0. The molecule has 1 atom stereocenters. The largest absolute Gasteiger partial charge is 0.309 e. The van der Waals surface area contributed by atoms with Gasteiger partial charge in [0.2, 0.25) is 0 Å². The maximum Gasteiger partial charge on any atom is 0.261 e. The smallest absolute Gasteiger partial charge is 0.261 e. The average molecular weight is 202 g/mol. The van der Waals surface area contributed by atoms with Gasteiger partial charge in [-0.3, -0.25) is 14.5 Å². The average Bonchev–Trinajstić information content (AvgIpc) is 3.04. The van der Waals surface area contributed by atoms with Crippen LogP contribution in [-0.2, 0) is 0 Å². The van der Waals surface area contributed by atoms with Gasteiger partial charge >= 0.3 is 0 Å². The van der Waals surface area contributed by atoms with E-state index in [4.69, 9.17) is 0 Å². The Morgan fingerprint density at radius 2 is 1.73 bits per heavy atom. The first kappa shape index (κ1) is 8.61. The predicted octanol–water partition coefficient (Wildman–Crippen LogP) is 0.254. The molecule has 0 radical (unpaired) electrons. The normalized spacial score (nSPS) is 23.2. The van der Waals surface area contributed by atoms with E-state index in [-0.39, 0.29) is 11.8 Å². The molecule has 0 spiro atoms. The third-order valence-corrected chi connectivity index (χ3v) is 2.77. The van der Waals surface area contributed by atoms with Gasteiger partial charge in [0.25, 0.3) is 11.8 Å². The molecule has 1 fully saturated rings. The molecule has 0 saturated carbocycles. The van der Waals surface area contributed by atoms with Crippen molar-refractivity contribution in [2.45, 2.75) is 6.04 Å². The van der Waals surface area contributed by atoms with Crippen molar-refractivity contribution in [3.63, 3.8) is 0 Å². The van der Waals surface area contributed by atoms with Gasteiger partial charge in [-0.2, -0.15) is 0 Å². The van der Waals surface area contributed by atoms with E-state index >= 15 is 0 Å². The Morgan fingerprint density at radius 3 is 2.20 bits per heavy atom. The summed E-state index contributed by atoms with van der Waals surface area (Å²) in [6.45, 7) is 1.39. The van der Waals surface area contributed by atoms with Gasteiger partial charge in [0.15, 0.2) is 0 Å². The molecular formula is C11H10N2O2. The molecule has 1 saturated heterocycles. The fourth-order valence-corrected chi connectivity index (χ4v) is 1.84. The van der Waals surface area contributed by atoms with Crippen LogP contribution < -0.4 is 5.32 Å². The molecule has 1 unspecified atom stereocenters. The summed E-state index contributed by atoms with van der Waals surface area (Å²) < 4.78 is 0. The third-order valence-electron chi connectivity index (χ3n) is 2.77. The molecule has 2 aliphatic rings. The van der Waals surface area contributed by atoms with Gasteiger partial charge in [0.05, 0.1) is 11.1 Å². The lowest BCUT2D eigenvalue weighted by Crippen LogP contribution is -2.33. The number of nitrogens with one attached hydrogen (secondary N) is 1. The van der Waals surface area contributed by atoms with Crippen LogP contribution in [0, 0.1) is 0 Å². The van der Waals surface area contributed by atoms with Crippen LogP contribution in [0.15, 0.2) is 24.3 Å². The zero-order chi connectivity index (χ0) is 10.4. The number of rotatable bonds is 2. The molecule has 4 nitrogen and oxygen atoms in total. The van der Waals surface area contributed by atoms with E-state index in [0.717, 1.165) is 6.54 Å². The van der Waals surface area contributed by atoms with Gasteiger partial charge in [-0.1, -0.05) is 12.1 Å².